The number of carbonyl (C=O) groups excluding carboxylic acids is 1. The molecule has 0 unspecified atom stereocenters. The van der Waals surface area contributed by atoms with Crippen molar-refractivity contribution in [3.63, 3.8) is 0 Å². The van der Waals surface area contributed by atoms with Crippen molar-refractivity contribution in [2.45, 2.75) is 39.8 Å². The van der Waals surface area contributed by atoms with Gasteiger partial charge in [0.25, 0.3) is 5.91 Å². The highest BCUT2D eigenvalue weighted by molar-refractivity contribution is 5.81. The maximum absolute atomic E-state index is 12.6. The average Bonchev–Trinajstić information content (AvgIpc) is 3.22. The Morgan fingerprint density at radius 2 is 1.96 bits per heavy atom. The van der Waals surface area contributed by atoms with Gasteiger partial charge in [0.1, 0.15) is 5.75 Å². The lowest BCUT2D eigenvalue weighted by atomic mass is 10.1. The monoisotopic (exact) mass is 363 g/mol. The van der Waals surface area contributed by atoms with E-state index in [1.165, 1.54) is 0 Å². The van der Waals surface area contributed by atoms with Crippen LogP contribution in [0.4, 0.5) is 0 Å². The van der Waals surface area contributed by atoms with Gasteiger partial charge in [-0.1, -0.05) is 31.2 Å². The van der Waals surface area contributed by atoms with Crippen molar-refractivity contribution in [3.8, 4) is 11.4 Å². The minimum atomic E-state index is -0.504. The van der Waals surface area contributed by atoms with Gasteiger partial charge in [-0.3, -0.25) is 4.79 Å². The van der Waals surface area contributed by atoms with Crippen molar-refractivity contribution in [1.29, 1.82) is 0 Å². The van der Waals surface area contributed by atoms with E-state index in [2.05, 4.69) is 10.3 Å². The highest BCUT2D eigenvalue weighted by Gasteiger charge is 2.19. The molecule has 27 heavy (non-hydrogen) atoms. The van der Waals surface area contributed by atoms with Crippen LogP contribution in [0, 0.1) is 13.8 Å². The van der Waals surface area contributed by atoms with Crippen LogP contribution in [0.3, 0.4) is 0 Å². The predicted octanol–water partition coefficient (Wildman–Crippen LogP) is 3.96. The lowest BCUT2D eigenvalue weighted by Crippen LogP contribution is -2.37. The minimum absolute atomic E-state index is 0.0999. The van der Waals surface area contributed by atoms with Crippen molar-refractivity contribution < 1.29 is 9.53 Å². The molecule has 0 spiro atoms. The van der Waals surface area contributed by atoms with Gasteiger partial charge >= 0.3 is 0 Å². The number of nitrogens with zero attached hydrogens (tertiary/aromatic N) is 2. The summed E-state index contributed by atoms with van der Waals surface area (Å²) in [6, 6.07) is 13.9. The summed E-state index contributed by atoms with van der Waals surface area (Å²) >= 11 is 0. The first-order valence-electron chi connectivity index (χ1n) is 9.16. The number of aryl methyl sites for hydroxylation is 1. The van der Waals surface area contributed by atoms with Gasteiger partial charge in [0.05, 0.1) is 6.33 Å². The van der Waals surface area contributed by atoms with Gasteiger partial charge in [-0.15, -0.1) is 0 Å². The topological polar surface area (TPSA) is 56.1 Å². The Labute approximate surface area is 160 Å². The number of aromatic nitrogens is 2. The molecule has 1 amide bonds. The molecule has 1 aromatic heterocycles. The van der Waals surface area contributed by atoms with Crippen LogP contribution < -0.4 is 10.1 Å². The minimum Gasteiger partial charge on any atom is -0.480 e. The molecule has 0 aliphatic carbocycles. The number of imidazole rings is 1. The van der Waals surface area contributed by atoms with Gasteiger partial charge in [-0.2, -0.15) is 0 Å². The Kier molecular flexibility index (Phi) is 5.91. The fourth-order valence-electron chi connectivity index (χ4n) is 2.83. The Morgan fingerprint density at radius 3 is 2.63 bits per heavy atom. The number of ether oxygens (including phenoxy) is 1. The molecule has 0 aliphatic heterocycles. The molecule has 1 atom stereocenters. The Balaban J connectivity index is 1.59. The largest absolute Gasteiger partial charge is 0.480 e. The second-order valence-corrected chi connectivity index (χ2v) is 6.57. The number of hydrogen-bond acceptors (Lipinski definition) is 3. The first-order valence-corrected chi connectivity index (χ1v) is 9.16. The number of nitrogens with one attached hydrogen (secondary N) is 1. The molecule has 5 nitrogen and oxygen atoms in total. The van der Waals surface area contributed by atoms with E-state index in [1.807, 2.05) is 74.0 Å². The maximum atomic E-state index is 12.6. The van der Waals surface area contributed by atoms with Gasteiger partial charge in [-0.25, -0.2) is 4.98 Å². The van der Waals surface area contributed by atoms with E-state index in [0.717, 1.165) is 28.1 Å². The third-order valence-corrected chi connectivity index (χ3v) is 4.69. The SMILES string of the molecule is CC[C@H](Oc1cccc(C)c1C)C(=O)NCc1ccc(-n2ccnc2)cc1. The molecule has 1 heterocycles. The van der Waals surface area contributed by atoms with Crippen LogP contribution >= 0.6 is 0 Å². The maximum Gasteiger partial charge on any atom is 0.261 e. The summed E-state index contributed by atoms with van der Waals surface area (Å²) in [4.78, 5) is 16.6. The van der Waals surface area contributed by atoms with Crippen LogP contribution in [-0.2, 0) is 11.3 Å². The molecule has 2 aromatic carbocycles. The number of hydrogen-bond donors (Lipinski definition) is 1. The summed E-state index contributed by atoms with van der Waals surface area (Å²) in [6.45, 7) is 6.47. The van der Waals surface area contributed by atoms with Crippen molar-refractivity contribution in [2.75, 3.05) is 0 Å². The zero-order valence-electron chi connectivity index (χ0n) is 16.0. The van der Waals surface area contributed by atoms with Crippen LogP contribution in [0.1, 0.15) is 30.0 Å². The molecular formula is C22H25N3O2. The van der Waals surface area contributed by atoms with Gasteiger partial charge in [0, 0.05) is 24.6 Å². The Hall–Kier alpha value is -3.08. The Morgan fingerprint density at radius 1 is 1.19 bits per heavy atom. The summed E-state index contributed by atoms with van der Waals surface area (Å²) in [5.41, 5.74) is 4.29. The lowest BCUT2D eigenvalue weighted by molar-refractivity contribution is -0.128. The predicted molar refractivity (Wildman–Crippen MR) is 106 cm³/mol. The Bertz CT molecular complexity index is 886. The first-order chi connectivity index (χ1) is 13.1. The molecule has 3 aromatic rings. The fourth-order valence-corrected chi connectivity index (χ4v) is 2.83. The third kappa shape index (κ3) is 4.56. The van der Waals surface area contributed by atoms with E-state index in [4.69, 9.17) is 4.74 Å². The highest BCUT2D eigenvalue weighted by Crippen LogP contribution is 2.22. The quantitative estimate of drug-likeness (QED) is 0.691. The first kappa shape index (κ1) is 18.7. The number of amides is 1. The van der Waals surface area contributed by atoms with E-state index in [9.17, 15) is 4.79 Å². The van der Waals surface area contributed by atoms with Gasteiger partial charge in [-0.05, 0) is 55.2 Å². The summed E-state index contributed by atoms with van der Waals surface area (Å²) in [5.74, 6) is 0.666. The van der Waals surface area contributed by atoms with Crippen LogP contribution in [0.15, 0.2) is 61.2 Å². The average molecular weight is 363 g/mol. The third-order valence-electron chi connectivity index (χ3n) is 4.69. The normalized spacial score (nSPS) is 11.8. The second kappa shape index (κ2) is 8.54. The molecule has 0 fully saturated rings. The number of rotatable bonds is 7. The molecule has 1 N–H and O–H groups in total. The van der Waals surface area contributed by atoms with E-state index < -0.39 is 6.10 Å². The van der Waals surface area contributed by atoms with Crippen molar-refractivity contribution >= 4 is 5.91 Å². The zero-order chi connectivity index (χ0) is 19.2. The molecule has 3 rings (SSSR count). The van der Waals surface area contributed by atoms with Crippen LogP contribution in [-0.4, -0.2) is 21.6 Å². The van der Waals surface area contributed by atoms with Crippen molar-refractivity contribution in [3.05, 3.63) is 77.9 Å². The lowest BCUT2D eigenvalue weighted by Gasteiger charge is -2.19. The van der Waals surface area contributed by atoms with Crippen molar-refractivity contribution in [2.24, 2.45) is 0 Å². The molecular weight excluding hydrogens is 338 g/mol. The highest BCUT2D eigenvalue weighted by atomic mass is 16.5. The summed E-state index contributed by atoms with van der Waals surface area (Å²) in [7, 11) is 0. The van der Waals surface area contributed by atoms with Crippen molar-refractivity contribution in [1.82, 2.24) is 14.9 Å². The van der Waals surface area contributed by atoms with E-state index in [1.54, 1.807) is 12.5 Å². The van der Waals surface area contributed by atoms with Gasteiger partial charge in [0.2, 0.25) is 0 Å². The molecule has 0 saturated carbocycles. The molecule has 0 saturated heterocycles. The molecule has 0 radical (unpaired) electrons. The molecule has 140 valence electrons. The molecule has 5 heteroatoms. The second-order valence-electron chi connectivity index (χ2n) is 6.57. The zero-order valence-corrected chi connectivity index (χ0v) is 16.0. The number of carbonyl (C=O) groups is 1. The molecule has 0 bridgehead atoms. The smallest absolute Gasteiger partial charge is 0.261 e. The van der Waals surface area contributed by atoms with E-state index in [0.29, 0.717) is 13.0 Å². The standard InChI is InChI=1S/C22H25N3O2/c1-4-20(27-21-7-5-6-16(2)17(21)3)22(26)24-14-18-8-10-19(11-9-18)25-13-12-23-15-25/h5-13,15,20H,4,14H2,1-3H3,(H,24,26)/t20-/m0/s1. The van der Waals surface area contributed by atoms with Gasteiger partial charge in [0.15, 0.2) is 6.10 Å². The fraction of sp³-hybridized carbons (Fsp3) is 0.273. The number of benzene rings is 2. The summed E-state index contributed by atoms with van der Waals surface area (Å²) < 4.78 is 7.91. The summed E-state index contributed by atoms with van der Waals surface area (Å²) in [6.07, 6.45) is 5.50. The van der Waals surface area contributed by atoms with Crippen LogP contribution in [0.5, 0.6) is 5.75 Å². The van der Waals surface area contributed by atoms with Gasteiger partial charge < -0.3 is 14.6 Å². The van der Waals surface area contributed by atoms with E-state index in [-0.39, 0.29) is 5.91 Å². The van der Waals surface area contributed by atoms with Crippen LogP contribution in [0.2, 0.25) is 0 Å². The summed E-state index contributed by atoms with van der Waals surface area (Å²) in [5, 5.41) is 2.98. The van der Waals surface area contributed by atoms with Crippen LogP contribution in [0.25, 0.3) is 5.69 Å². The molecule has 0 aliphatic rings. The van der Waals surface area contributed by atoms with E-state index >= 15 is 0 Å².